The number of benzene rings is 2. The Morgan fingerprint density at radius 1 is 1.14 bits per heavy atom. The summed E-state index contributed by atoms with van der Waals surface area (Å²) < 4.78 is 0. The molecule has 0 aliphatic heterocycles. The monoisotopic (exact) mass is 320 g/mol. The van der Waals surface area contributed by atoms with Crippen molar-refractivity contribution in [1.82, 2.24) is 10.2 Å². The Morgan fingerprint density at radius 2 is 1.86 bits per heavy atom. The maximum absolute atomic E-state index is 12.3. The van der Waals surface area contributed by atoms with Crippen LogP contribution in [0.2, 0.25) is 10.0 Å². The van der Waals surface area contributed by atoms with Crippen LogP contribution in [0.1, 0.15) is 10.5 Å². The van der Waals surface area contributed by atoms with Crippen molar-refractivity contribution in [3.8, 4) is 0 Å². The number of nitrogen functional groups attached to an aromatic ring is 1. The predicted octanol–water partition coefficient (Wildman–Crippen LogP) is 3.70. The van der Waals surface area contributed by atoms with E-state index in [4.69, 9.17) is 28.9 Å². The number of aromatic amines is 1. The van der Waals surface area contributed by atoms with Crippen molar-refractivity contribution in [2.24, 2.45) is 0 Å². The van der Waals surface area contributed by atoms with Crippen molar-refractivity contribution >= 4 is 51.4 Å². The third kappa shape index (κ3) is 2.79. The predicted molar refractivity (Wildman–Crippen MR) is 84.9 cm³/mol. The molecule has 1 aromatic heterocycles. The fourth-order valence-electron chi connectivity index (χ4n) is 2.02. The minimum atomic E-state index is -0.370. The number of aromatic nitrogens is 2. The lowest BCUT2D eigenvalue weighted by molar-refractivity contribution is 0.102. The van der Waals surface area contributed by atoms with E-state index < -0.39 is 0 Å². The number of H-pyrrole nitrogens is 1. The lowest BCUT2D eigenvalue weighted by Gasteiger charge is -2.05. The molecule has 0 aliphatic carbocycles. The second kappa shape index (κ2) is 5.27. The molecule has 0 saturated carbocycles. The molecule has 0 spiro atoms. The van der Waals surface area contributed by atoms with Crippen molar-refractivity contribution < 1.29 is 4.79 Å². The zero-order chi connectivity index (χ0) is 15.0. The highest BCUT2D eigenvalue weighted by Crippen LogP contribution is 2.24. The van der Waals surface area contributed by atoms with Gasteiger partial charge in [-0.2, -0.15) is 5.10 Å². The molecule has 0 aliphatic rings. The van der Waals surface area contributed by atoms with Crippen LogP contribution in [-0.2, 0) is 0 Å². The van der Waals surface area contributed by atoms with Gasteiger partial charge in [-0.15, -0.1) is 0 Å². The first-order chi connectivity index (χ1) is 10.0. The van der Waals surface area contributed by atoms with Gasteiger partial charge in [0.15, 0.2) is 5.69 Å². The summed E-state index contributed by atoms with van der Waals surface area (Å²) in [5.74, 6) is -0.370. The van der Waals surface area contributed by atoms with Crippen LogP contribution in [0.5, 0.6) is 0 Å². The van der Waals surface area contributed by atoms with Gasteiger partial charge in [-0.05, 0) is 36.4 Å². The van der Waals surface area contributed by atoms with Crippen LogP contribution in [0.4, 0.5) is 11.4 Å². The molecule has 1 heterocycles. The van der Waals surface area contributed by atoms with Gasteiger partial charge in [-0.3, -0.25) is 9.89 Å². The summed E-state index contributed by atoms with van der Waals surface area (Å²) in [6.07, 6.45) is 0. The minimum Gasteiger partial charge on any atom is -0.399 e. The number of rotatable bonds is 2. The molecular formula is C14H10Cl2N4O. The van der Waals surface area contributed by atoms with E-state index in [1.807, 2.05) is 0 Å². The van der Waals surface area contributed by atoms with E-state index >= 15 is 0 Å². The molecule has 3 rings (SSSR count). The smallest absolute Gasteiger partial charge is 0.276 e. The third-order valence-corrected chi connectivity index (χ3v) is 3.36. The second-order valence-electron chi connectivity index (χ2n) is 4.49. The van der Waals surface area contributed by atoms with E-state index in [1.54, 1.807) is 36.4 Å². The molecule has 106 valence electrons. The standard InChI is InChI=1S/C14H10Cl2N4O/c15-7-3-8(16)5-10(4-7)18-14(21)13-11-6-9(17)1-2-12(11)19-20-13/h1-6H,17H2,(H,18,21)(H,19,20). The largest absolute Gasteiger partial charge is 0.399 e. The number of hydrogen-bond acceptors (Lipinski definition) is 3. The zero-order valence-corrected chi connectivity index (χ0v) is 12.2. The Bertz CT molecular complexity index is 824. The van der Waals surface area contributed by atoms with Crippen LogP contribution in [0.25, 0.3) is 10.9 Å². The molecule has 5 nitrogen and oxygen atoms in total. The number of fused-ring (bicyclic) bond motifs is 1. The molecule has 1 amide bonds. The molecule has 0 saturated heterocycles. The zero-order valence-electron chi connectivity index (χ0n) is 10.7. The molecular weight excluding hydrogens is 311 g/mol. The van der Waals surface area contributed by atoms with Gasteiger partial charge in [-0.25, -0.2) is 0 Å². The maximum Gasteiger partial charge on any atom is 0.276 e. The van der Waals surface area contributed by atoms with Gasteiger partial charge in [0, 0.05) is 26.8 Å². The number of nitrogens with zero attached hydrogens (tertiary/aromatic N) is 1. The number of anilines is 2. The first kappa shape index (κ1) is 13.7. The summed E-state index contributed by atoms with van der Waals surface area (Å²) in [7, 11) is 0. The fourth-order valence-corrected chi connectivity index (χ4v) is 2.55. The SMILES string of the molecule is Nc1ccc2[nH]nc(C(=O)Nc3cc(Cl)cc(Cl)c3)c2c1. The van der Waals surface area contributed by atoms with Gasteiger partial charge in [0.2, 0.25) is 0 Å². The van der Waals surface area contributed by atoms with Crippen molar-refractivity contribution in [2.75, 3.05) is 11.1 Å². The summed E-state index contributed by atoms with van der Waals surface area (Å²) in [6.45, 7) is 0. The molecule has 3 aromatic rings. The van der Waals surface area contributed by atoms with Gasteiger partial charge in [0.05, 0.1) is 5.52 Å². The number of halogens is 2. The average Bonchev–Trinajstić information content (AvgIpc) is 2.80. The fraction of sp³-hybridized carbons (Fsp3) is 0. The van der Waals surface area contributed by atoms with Crippen LogP contribution >= 0.6 is 23.2 Å². The highest BCUT2D eigenvalue weighted by atomic mass is 35.5. The van der Waals surface area contributed by atoms with E-state index in [0.29, 0.717) is 26.8 Å². The van der Waals surface area contributed by atoms with Crippen LogP contribution in [0, 0.1) is 0 Å². The molecule has 0 unspecified atom stereocenters. The summed E-state index contributed by atoms with van der Waals surface area (Å²) in [5, 5.41) is 11.0. The van der Waals surface area contributed by atoms with Crippen molar-refractivity contribution in [1.29, 1.82) is 0 Å². The molecule has 4 N–H and O–H groups in total. The van der Waals surface area contributed by atoms with Gasteiger partial charge in [-0.1, -0.05) is 23.2 Å². The maximum atomic E-state index is 12.3. The Balaban J connectivity index is 1.95. The van der Waals surface area contributed by atoms with Crippen molar-refractivity contribution in [2.45, 2.75) is 0 Å². The topological polar surface area (TPSA) is 83.8 Å². The van der Waals surface area contributed by atoms with Crippen molar-refractivity contribution in [3.63, 3.8) is 0 Å². The number of amides is 1. The van der Waals surface area contributed by atoms with Crippen LogP contribution < -0.4 is 11.1 Å². The summed E-state index contributed by atoms with van der Waals surface area (Å²) in [5.41, 5.74) is 7.79. The molecule has 2 aromatic carbocycles. The first-order valence-electron chi connectivity index (χ1n) is 6.04. The quantitative estimate of drug-likeness (QED) is 0.629. The minimum absolute atomic E-state index is 0.258. The molecule has 0 fully saturated rings. The summed E-state index contributed by atoms with van der Waals surface area (Å²) in [4.78, 5) is 12.3. The van der Waals surface area contributed by atoms with Gasteiger partial charge < -0.3 is 11.1 Å². The Morgan fingerprint density at radius 3 is 2.57 bits per heavy atom. The normalized spacial score (nSPS) is 10.8. The first-order valence-corrected chi connectivity index (χ1v) is 6.79. The number of nitrogens with one attached hydrogen (secondary N) is 2. The lowest BCUT2D eigenvalue weighted by Crippen LogP contribution is -2.12. The third-order valence-electron chi connectivity index (χ3n) is 2.92. The molecule has 0 radical (unpaired) electrons. The van der Waals surface area contributed by atoms with Crippen molar-refractivity contribution in [3.05, 3.63) is 52.1 Å². The number of carbonyl (C=O) groups excluding carboxylic acids is 1. The van der Waals surface area contributed by atoms with Crippen LogP contribution in [0.3, 0.4) is 0 Å². The highest BCUT2D eigenvalue weighted by Gasteiger charge is 2.15. The van der Waals surface area contributed by atoms with E-state index in [1.165, 1.54) is 0 Å². The van der Waals surface area contributed by atoms with Crippen LogP contribution in [0.15, 0.2) is 36.4 Å². The van der Waals surface area contributed by atoms with E-state index in [9.17, 15) is 4.79 Å². The Labute approximate surface area is 130 Å². The molecule has 0 atom stereocenters. The van der Waals surface area contributed by atoms with Gasteiger partial charge in [0.25, 0.3) is 5.91 Å². The highest BCUT2D eigenvalue weighted by molar-refractivity contribution is 6.35. The molecule has 7 heteroatoms. The van der Waals surface area contributed by atoms with E-state index in [-0.39, 0.29) is 11.6 Å². The average molecular weight is 321 g/mol. The Kier molecular flexibility index (Phi) is 3.45. The number of hydrogen-bond donors (Lipinski definition) is 3. The molecule has 21 heavy (non-hydrogen) atoms. The number of nitrogens with two attached hydrogens (primary N) is 1. The summed E-state index contributed by atoms with van der Waals surface area (Å²) >= 11 is 11.8. The molecule has 0 bridgehead atoms. The van der Waals surface area contributed by atoms with Gasteiger partial charge in [0.1, 0.15) is 0 Å². The second-order valence-corrected chi connectivity index (χ2v) is 5.36. The van der Waals surface area contributed by atoms with E-state index in [0.717, 1.165) is 5.52 Å². The van der Waals surface area contributed by atoms with Gasteiger partial charge >= 0.3 is 0 Å². The van der Waals surface area contributed by atoms with E-state index in [2.05, 4.69) is 15.5 Å². The lowest BCUT2D eigenvalue weighted by atomic mass is 10.2. The number of carbonyl (C=O) groups is 1. The Hall–Kier alpha value is -2.24. The van der Waals surface area contributed by atoms with Crippen LogP contribution in [-0.4, -0.2) is 16.1 Å². The summed E-state index contributed by atoms with van der Waals surface area (Å²) in [6, 6.07) is 9.99.